The lowest BCUT2D eigenvalue weighted by molar-refractivity contribution is 0.0949. The molecular weight excluding hydrogens is 238 g/mol. The minimum absolute atomic E-state index is 0.0354. The van der Waals surface area contributed by atoms with Gasteiger partial charge in [0.15, 0.2) is 0 Å². The van der Waals surface area contributed by atoms with Gasteiger partial charge < -0.3 is 10.4 Å². The second kappa shape index (κ2) is 7.60. The van der Waals surface area contributed by atoms with Gasteiger partial charge in [0.25, 0.3) is 5.91 Å². The maximum atomic E-state index is 12.1. The van der Waals surface area contributed by atoms with Crippen molar-refractivity contribution in [1.82, 2.24) is 5.32 Å². The van der Waals surface area contributed by atoms with Gasteiger partial charge in [-0.05, 0) is 30.5 Å². The zero-order valence-corrected chi connectivity index (χ0v) is 11.8. The van der Waals surface area contributed by atoms with Crippen LogP contribution in [0.4, 0.5) is 0 Å². The summed E-state index contributed by atoms with van der Waals surface area (Å²) in [5.74, 6) is 6.13. The van der Waals surface area contributed by atoms with E-state index in [1.807, 2.05) is 19.1 Å². The molecule has 0 saturated carbocycles. The Kier molecular flexibility index (Phi) is 6.11. The zero-order valence-electron chi connectivity index (χ0n) is 11.8. The Morgan fingerprint density at radius 3 is 2.79 bits per heavy atom. The van der Waals surface area contributed by atoms with E-state index in [0.717, 1.165) is 11.1 Å². The number of nitrogens with one attached hydrogen (secondary N) is 1. The van der Waals surface area contributed by atoms with Crippen LogP contribution in [0.1, 0.15) is 41.8 Å². The summed E-state index contributed by atoms with van der Waals surface area (Å²) in [5.41, 5.74) is 2.38. The molecule has 1 aromatic rings. The predicted octanol–water partition coefficient (Wildman–Crippen LogP) is 2.11. The Balaban J connectivity index is 2.93. The molecule has 0 aliphatic carbocycles. The molecule has 0 heterocycles. The van der Waals surface area contributed by atoms with Gasteiger partial charge in [0.1, 0.15) is 0 Å². The molecule has 0 aromatic heterocycles. The lowest BCUT2D eigenvalue weighted by Gasteiger charge is -2.09. The molecule has 3 nitrogen and oxygen atoms in total. The van der Waals surface area contributed by atoms with Crippen molar-refractivity contribution in [3.05, 3.63) is 34.9 Å². The van der Waals surface area contributed by atoms with Crippen molar-refractivity contribution in [2.75, 3.05) is 13.2 Å². The molecule has 102 valence electrons. The number of aliphatic hydroxyl groups is 1. The zero-order chi connectivity index (χ0) is 14.3. The van der Waals surface area contributed by atoms with E-state index in [-0.39, 0.29) is 12.5 Å². The average Bonchev–Trinajstić information content (AvgIpc) is 2.36. The van der Waals surface area contributed by atoms with Crippen LogP contribution < -0.4 is 5.32 Å². The van der Waals surface area contributed by atoms with Crippen LogP contribution in [0.3, 0.4) is 0 Å². The number of hydrogen-bond donors (Lipinski definition) is 2. The maximum Gasteiger partial charge on any atom is 0.252 e. The molecule has 0 unspecified atom stereocenters. The number of aliphatic hydroxyl groups excluding tert-OH is 1. The Morgan fingerprint density at radius 1 is 1.42 bits per heavy atom. The molecule has 1 aromatic carbocycles. The highest BCUT2D eigenvalue weighted by Gasteiger charge is 2.10. The third-order valence-corrected chi connectivity index (χ3v) is 2.55. The Hall–Kier alpha value is -1.79. The van der Waals surface area contributed by atoms with Gasteiger partial charge >= 0.3 is 0 Å². The molecule has 0 radical (unpaired) electrons. The number of rotatable bonds is 4. The van der Waals surface area contributed by atoms with Crippen molar-refractivity contribution in [3.8, 4) is 11.8 Å². The van der Waals surface area contributed by atoms with E-state index in [0.29, 0.717) is 24.4 Å². The number of hydrogen-bond acceptors (Lipinski definition) is 2. The molecule has 19 heavy (non-hydrogen) atoms. The highest BCUT2D eigenvalue weighted by Crippen LogP contribution is 2.11. The van der Waals surface area contributed by atoms with Crippen LogP contribution in [0.25, 0.3) is 0 Å². The minimum atomic E-state index is -0.0954. The maximum absolute atomic E-state index is 12.1. The molecule has 3 heteroatoms. The number of carbonyl (C=O) groups excluding carboxylic acids is 1. The van der Waals surface area contributed by atoms with Crippen LogP contribution in [0.5, 0.6) is 0 Å². The molecule has 0 fully saturated rings. The van der Waals surface area contributed by atoms with Crippen molar-refractivity contribution in [2.24, 2.45) is 5.92 Å². The quantitative estimate of drug-likeness (QED) is 0.814. The van der Waals surface area contributed by atoms with Gasteiger partial charge in [-0.25, -0.2) is 0 Å². The van der Waals surface area contributed by atoms with Crippen LogP contribution in [0.15, 0.2) is 18.2 Å². The first-order chi connectivity index (χ1) is 9.04. The minimum Gasteiger partial charge on any atom is -0.395 e. The topological polar surface area (TPSA) is 49.3 Å². The fourth-order valence-corrected chi connectivity index (χ4v) is 1.57. The van der Waals surface area contributed by atoms with Crippen molar-refractivity contribution in [1.29, 1.82) is 0 Å². The third-order valence-electron chi connectivity index (χ3n) is 2.55. The fourth-order valence-electron chi connectivity index (χ4n) is 1.57. The smallest absolute Gasteiger partial charge is 0.252 e. The fraction of sp³-hybridized carbons (Fsp3) is 0.438. The number of aryl methyl sites for hydroxylation is 1. The van der Waals surface area contributed by atoms with Crippen molar-refractivity contribution in [2.45, 2.75) is 27.2 Å². The normalized spacial score (nSPS) is 9.95. The summed E-state index contributed by atoms with van der Waals surface area (Å²) in [6, 6.07) is 5.60. The Bertz CT molecular complexity index is 495. The Morgan fingerprint density at radius 2 is 2.16 bits per heavy atom. The summed E-state index contributed by atoms with van der Waals surface area (Å²) < 4.78 is 0. The summed E-state index contributed by atoms with van der Waals surface area (Å²) in [7, 11) is 0. The number of benzene rings is 1. The largest absolute Gasteiger partial charge is 0.395 e. The van der Waals surface area contributed by atoms with Crippen LogP contribution in [0.2, 0.25) is 0 Å². The first-order valence-corrected chi connectivity index (χ1v) is 6.53. The van der Waals surface area contributed by atoms with Gasteiger partial charge in [-0.1, -0.05) is 31.8 Å². The monoisotopic (exact) mass is 259 g/mol. The molecule has 0 saturated heterocycles. The van der Waals surface area contributed by atoms with E-state index >= 15 is 0 Å². The van der Waals surface area contributed by atoms with Gasteiger partial charge in [0, 0.05) is 18.5 Å². The SMILES string of the molecule is Cc1ccc(C(=O)NCC(C)C)c(C#CCCO)c1. The molecule has 0 atom stereocenters. The van der Waals surface area contributed by atoms with Crippen LogP contribution >= 0.6 is 0 Å². The van der Waals surface area contributed by atoms with E-state index in [1.54, 1.807) is 6.07 Å². The van der Waals surface area contributed by atoms with Gasteiger partial charge in [-0.15, -0.1) is 0 Å². The first kappa shape index (κ1) is 15.3. The van der Waals surface area contributed by atoms with Gasteiger partial charge in [0.05, 0.1) is 12.2 Å². The van der Waals surface area contributed by atoms with Crippen LogP contribution in [-0.4, -0.2) is 24.2 Å². The van der Waals surface area contributed by atoms with E-state index in [1.165, 1.54) is 0 Å². The van der Waals surface area contributed by atoms with Crippen LogP contribution in [-0.2, 0) is 0 Å². The molecule has 1 rings (SSSR count). The van der Waals surface area contributed by atoms with E-state index in [2.05, 4.69) is 31.0 Å². The molecule has 0 spiro atoms. The van der Waals surface area contributed by atoms with Crippen molar-refractivity contribution < 1.29 is 9.90 Å². The van der Waals surface area contributed by atoms with Crippen LogP contribution in [0, 0.1) is 24.7 Å². The lowest BCUT2D eigenvalue weighted by Crippen LogP contribution is -2.27. The summed E-state index contributed by atoms with van der Waals surface area (Å²) in [6.45, 7) is 6.76. The second-order valence-corrected chi connectivity index (χ2v) is 4.93. The van der Waals surface area contributed by atoms with E-state index < -0.39 is 0 Å². The van der Waals surface area contributed by atoms with E-state index in [4.69, 9.17) is 5.11 Å². The molecular formula is C16H21NO2. The molecule has 1 amide bonds. The van der Waals surface area contributed by atoms with Crippen molar-refractivity contribution >= 4 is 5.91 Å². The second-order valence-electron chi connectivity index (χ2n) is 4.93. The summed E-state index contributed by atoms with van der Waals surface area (Å²) in [5, 5.41) is 11.6. The van der Waals surface area contributed by atoms with E-state index in [9.17, 15) is 4.79 Å². The Labute approximate surface area is 115 Å². The number of carbonyl (C=O) groups is 1. The molecule has 0 aliphatic heterocycles. The standard InChI is InChI=1S/C16H21NO2/c1-12(2)11-17-16(19)15-8-7-13(3)10-14(15)6-4-5-9-18/h7-8,10,12,18H,5,9,11H2,1-3H3,(H,17,19). The van der Waals surface area contributed by atoms with Crippen molar-refractivity contribution in [3.63, 3.8) is 0 Å². The molecule has 0 bridgehead atoms. The van der Waals surface area contributed by atoms with Gasteiger partial charge in [-0.2, -0.15) is 0 Å². The van der Waals surface area contributed by atoms with Gasteiger partial charge in [-0.3, -0.25) is 4.79 Å². The summed E-state index contributed by atoms with van der Waals surface area (Å²) in [4.78, 5) is 12.1. The van der Waals surface area contributed by atoms with Gasteiger partial charge in [0.2, 0.25) is 0 Å². The molecule has 2 N–H and O–H groups in total. The predicted molar refractivity (Wildman–Crippen MR) is 76.9 cm³/mol. The lowest BCUT2D eigenvalue weighted by atomic mass is 10.0. The molecule has 0 aliphatic rings. The average molecular weight is 259 g/mol. The highest BCUT2D eigenvalue weighted by atomic mass is 16.2. The summed E-state index contributed by atoms with van der Waals surface area (Å²) in [6.07, 6.45) is 0.418. The first-order valence-electron chi connectivity index (χ1n) is 6.53. The summed E-state index contributed by atoms with van der Waals surface area (Å²) >= 11 is 0. The highest BCUT2D eigenvalue weighted by molar-refractivity contribution is 5.96. The third kappa shape index (κ3) is 5.15. The number of amides is 1.